The predicted octanol–water partition coefficient (Wildman–Crippen LogP) is 6.94. The van der Waals surface area contributed by atoms with Crippen molar-refractivity contribution in [1.29, 1.82) is 0 Å². The first-order valence-corrected chi connectivity index (χ1v) is 13.1. The van der Waals surface area contributed by atoms with Gasteiger partial charge in [0.25, 0.3) is 0 Å². The maximum Gasteiger partial charge on any atom is 0.321 e. The number of urea groups is 1. The molecule has 1 aromatic carbocycles. The van der Waals surface area contributed by atoms with Gasteiger partial charge >= 0.3 is 6.03 Å². The zero-order valence-corrected chi connectivity index (χ0v) is 20.7. The Balaban J connectivity index is 2.00. The minimum Gasteiger partial charge on any atom is -0.508 e. The molecule has 0 radical (unpaired) electrons. The molecule has 0 saturated heterocycles. The van der Waals surface area contributed by atoms with Gasteiger partial charge in [-0.2, -0.15) is 0 Å². The maximum atomic E-state index is 12.3. The van der Waals surface area contributed by atoms with Gasteiger partial charge in [0.15, 0.2) is 0 Å². The molecule has 1 rings (SSSR count). The number of primary amides is 1. The summed E-state index contributed by atoms with van der Waals surface area (Å²) < 4.78 is 5.51. The van der Waals surface area contributed by atoms with Crippen molar-refractivity contribution < 1.29 is 19.4 Å². The van der Waals surface area contributed by atoms with E-state index in [4.69, 9.17) is 10.5 Å². The topological polar surface area (TPSA) is 92.9 Å². The minimum atomic E-state index is -0.740. The number of nitrogens with zero attached hydrogens (tertiary/aromatic N) is 1. The fraction of sp³-hybridized carbons (Fsp3) is 0.704. The van der Waals surface area contributed by atoms with Gasteiger partial charge in [0.1, 0.15) is 18.1 Å². The van der Waals surface area contributed by atoms with Gasteiger partial charge in [-0.1, -0.05) is 96.8 Å². The van der Waals surface area contributed by atoms with Crippen LogP contribution in [0.25, 0.3) is 0 Å². The van der Waals surface area contributed by atoms with Crippen molar-refractivity contribution in [1.82, 2.24) is 4.90 Å². The van der Waals surface area contributed by atoms with Gasteiger partial charge < -0.3 is 15.6 Å². The summed E-state index contributed by atoms with van der Waals surface area (Å²) in [5.41, 5.74) is 5.37. The number of phenols is 1. The first-order valence-electron chi connectivity index (χ1n) is 13.1. The summed E-state index contributed by atoms with van der Waals surface area (Å²) in [6.07, 6.45) is 19.4. The minimum absolute atomic E-state index is 0.119. The number of phenolic OH excluding ortho intramolecular Hbond substituents is 1. The average molecular weight is 463 g/mol. The SMILES string of the molecule is CCCCCCCCCCCCCCCCCC(=O)N(CCOc1ccc(O)cc1)C(N)=O. The number of hydrogen-bond acceptors (Lipinski definition) is 4. The third kappa shape index (κ3) is 15.3. The molecule has 0 heterocycles. The van der Waals surface area contributed by atoms with Gasteiger partial charge in [0.05, 0.1) is 6.54 Å². The Morgan fingerprint density at radius 2 is 1.24 bits per heavy atom. The number of unbranched alkanes of at least 4 members (excludes halogenated alkanes) is 14. The second kappa shape index (κ2) is 19.2. The number of carbonyl (C=O) groups excluding carboxylic acids is 2. The van der Waals surface area contributed by atoms with Crippen molar-refractivity contribution in [2.75, 3.05) is 13.2 Å². The molecule has 0 unspecified atom stereocenters. The molecule has 0 spiro atoms. The van der Waals surface area contributed by atoms with E-state index in [-0.39, 0.29) is 24.8 Å². The summed E-state index contributed by atoms with van der Waals surface area (Å²) in [7, 11) is 0. The van der Waals surface area contributed by atoms with Gasteiger partial charge in [-0.05, 0) is 30.7 Å². The molecule has 0 aliphatic heterocycles. The van der Waals surface area contributed by atoms with Crippen LogP contribution in [0.1, 0.15) is 110 Å². The molecule has 0 saturated carbocycles. The fourth-order valence-electron chi connectivity index (χ4n) is 3.94. The lowest BCUT2D eigenvalue weighted by molar-refractivity contribution is -0.128. The molecule has 1 aromatic rings. The van der Waals surface area contributed by atoms with E-state index in [0.717, 1.165) is 24.2 Å². The van der Waals surface area contributed by atoms with Crippen molar-refractivity contribution in [3.05, 3.63) is 24.3 Å². The Kier molecular flexibility index (Phi) is 16.8. The van der Waals surface area contributed by atoms with Crippen molar-refractivity contribution in [2.24, 2.45) is 5.73 Å². The van der Waals surface area contributed by atoms with E-state index >= 15 is 0 Å². The van der Waals surface area contributed by atoms with Crippen LogP contribution in [0.2, 0.25) is 0 Å². The highest BCUT2D eigenvalue weighted by molar-refractivity contribution is 5.93. The Morgan fingerprint density at radius 3 is 1.70 bits per heavy atom. The quantitative estimate of drug-likeness (QED) is 0.205. The van der Waals surface area contributed by atoms with Crippen LogP contribution < -0.4 is 10.5 Å². The van der Waals surface area contributed by atoms with Gasteiger partial charge in [-0.25, -0.2) is 4.79 Å². The van der Waals surface area contributed by atoms with Gasteiger partial charge in [-0.3, -0.25) is 9.69 Å². The molecular weight excluding hydrogens is 416 g/mol. The normalized spacial score (nSPS) is 10.8. The van der Waals surface area contributed by atoms with E-state index in [2.05, 4.69) is 6.92 Å². The first-order chi connectivity index (χ1) is 16.0. The highest BCUT2D eigenvalue weighted by Crippen LogP contribution is 2.16. The van der Waals surface area contributed by atoms with Crippen molar-refractivity contribution in [3.63, 3.8) is 0 Å². The fourth-order valence-corrected chi connectivity index (χ4v) is 3.94. The highest BCUT2D eigenvalue weighted by Gasteiger charge is 2.18. The molecule has 0 aliphatic carbocycles. The molecule has 6 heteroatoms. The van der Waals surface area contributed by atoms with E-state index in [1.807, 2.05) is 0 Å². The van der Waals surface area contributed by atoms with Gasteiger partial charge in [0.2, 0.25) is 5.91 Å². The molecule has 3 N–H and O–H groups in total. The largest absolute Gasteiger partial charge is 0.508 e. The smallest absolute Gasteiger partial charge is 0.321 e. The van der Waals surface area contributed by atoms with Crippen molar-refractivity contribution in [2.45, 2.75) is 110 Å². The first kappa shape index (κ1) is 28.8. The molecule has 3 amide bonds. The van der Waals surface area contributed by atoms with Crippen molar-refractivity contribution in [3.8, 4) is 11.5 Å². The number of imide groups is 1. The summed E-state index contributed by atoms with van der Waals surface area (Å²) in [5, 5.41) is 9.28. The Morgan fingerprint density at radius 1 is 0.788 bits per heavy atom. The van der Waals surface area contributed by atoms with Crippen LogP contribution in [0, 0.1) is 0 Å². The average Bonchev–Trinajstić information content (AvgIpc) is 2.80. The molecular formula is C27H46N2O4. The zero-order chi connectivity index (χ0) is 24.2. The van der Waals surface area contributed by atoms with Crippen LogP contribution in [0.4, 0.5) is 4.79 Å². The van der Waals surface area contributed by atoms with E-state index < -0.39 is 6.03 Å². The number of aromatic hydroxyl groups is 1. The second-order valence-corrected chi connectivity index (χ2v) is 8.93. The number of ether oxygens (including phenoxy) is 1. The number of hydrogen-bond donors (Lipinski definition) is 2. The molecule has 0 bridgehead atoms. The molecule has 0 aliphatic rings. The number of carbonyl (C=O) groups is 2. The lowest BCUT2D eigenvalue weighted by Gasteiger charge is -2.18. The lowest BCUT2D eigenvalue weighted by Crippen LogP contribution is -2.42. The van der Waals surface area contributed by atoms with E-state index in [0.29, 0.717) is 12.2 Å². The number of nitrogens with two attached hydrogens (primary N) is 1. The molecule has 188 valence electrons. The Labute approximate surface area is 200 Å². The zero-order valence-electron chi connectivity index (χ0n) is 20.7. The summed E-state index contributed by atoms with van der Waals surface area (Å²) in [6, 6.07) is 5.55. The summed E-state index contributed by atoms with van der Waals surface area (Å²) in [6.45, 7) is 2.54. The van der Waals surface area contributed by atoms with Gasteiger partial charge in [-0.15, -0.1) is 0 Å². The van der Waals surface area contributed by atoms with Crippen molar-refractivity contribution >= 4 is 11.9 Å². The molecule has 33 heavy (non-hydrogen) atoms. The van der Waals surface area contributed by atoms with Crippen LogP contribution in [-0.4, -0.2) is 35.1 Å². The highest BCUT2D eigenvalue weighted by atomic mass is 16.5. The van der Waals surface area contributed by atoms with E-state index in [1.165, 1.54) is 89.2 Å². The number of amides is 3. The predicted molar refractivity (Wildman–Crippen MR) is 134 cm³/mol. The lowest BCUT2D eigenvalue weighted by atomic mass is 10.0. The third-order valence-electron chi connectivity index (χ3n) is 5.98. The third-order valence-corrected chi connectivity index (χ3v) is 5.98. The number of rotatable bonds is 20. The summed E-state index contributed by atoms with van der Waals surface area (Å²) in [5.74, 6) is 0.471. The standard InChI is InChI=1S/C27H46N2O4/c1-2-3-4-5-6-7-8-9-10-11-12-13-14-15-16-17-26(31)29(27(28)32)22-23-33-25-20-18-24(30)19-21-25/h18-21,30H,2-17,22-23H2,1H3,(H2,28,32). The number of benzene rings is 1. The maximum absolute atomic E-state index is 12.3. The summed E-state index contributed by atoms with van der Waals surface area (Å²) in [4.78, 5) is 25.0. The van der Waals surface area contributed by atoms with Crippen LogP contribution in [-0.2, 0) is 4.79 Å². The van der Waals surface area contributed by atoms with Crippen LogP contribution >= 0.6 is 0 Å². The van der Waals surface area contributed by atoms with Crippen LogP contribution in [0.3, 0.4) is 0 Å². The van der Waals surface area contributed by atoms with Crippen LogP contribution in [0.5, 0.6) is 11.5 Å². The second-order valence-electron chi connectivity index (χ2n) is 8.93. The van der Waals surface area contributed by atoms with Crippen LogP contribution in [0.15, 0.2) is 24.3 Å². The van der Waals surface area contributed by atoms with E-state index in [1.54, 1.807) is 12.1 Å². The molecule has 0 fully saturated rings. The summed E-state index contributed by atoms with van der Waals surface area (Å²) >= 11 is 0. The Bertz CT molecular complexity index is 634. The monoisotopic (exact) mass is 462 g/mol. The molecule has 0 atom stereocenters. The molecule has 0 aromatic heterocycles. The Hall–Kier alpha value is -2.24. The van der Waals surface area contributed by atoms with E-state index in [9.17, 15) is 14.7 Å². The molecule has 6 nitrogen and oxygen atoms in total. The van der Waals surface area contributed by atoms with Gasteiger partial charge in [0, 0.05) is 6.42 Å².